The zero-order valence-corrected chi connectivity index (χ0v) is 13.2. The minimum Gasteiger partial charge on any atom is -0.436 e. The zero-order valence-electron chi connectivity index (χ0n) is 11.6. The van der Waals surface area contributed by atoms with Gasteiger partial charge in [0.15, 0.2) is 11.6 Å². The molecule has 0 aliphatic heterocycles. The fourth-order valence-corrected chi connectivity index (χ4v) is 1.99. The Kier molecular flexibility index (Phi) is 6.10. The standard InChI is InChI=1S/C15H16BrFN2O2/c1-20-7-6-18-9-11-2-5-15(19-10-11)21-14-8-12(16)3-4-13(14)17/h2-5,8,10,18H,6-7,9H2,1H3. The van der Waals surface area contributed by atoms with Gasteiger partial charge in [0.1, 0.15) is 0 Å². The Balaban J connectivity index is 1.94. The van der Waals surface area contributed by atoms with Gasteiger partial charge in [-0.25, -0.2) is 9.37 Å². The van der Waals surface area contributed by atoms with Crippen molar-refractivity contribution in [1.82, 2.24) is 10.3 Å². The first kappa shape index (κ1) is 15.9. The molecule has 4 nitrogen and oxygen atoms in total. The average Bonchev–Trinajstić information content (AvgIpc) is 2.49. The molecule has 1 aromatic carbocycles. The van der Waals surface area contributed by atoms with Crippen LogP contribution in [0.15, 0.2) is 41.0 Å². The van der Waals surface area contributed by atoms with Gasteiger partial charge in [-0.2, -0.15) is 0 Å². The third-order valence-electron chi connectivity index (χ3n) is 2.72. The van der Waals surface area contributed by atoms with E-state index in [9.17, 15) is 4.39 Å². The predicted octanol–water partition coefficient (Wildman–Crippen LogP) is 3.51. The number of nitrogens with one attached hydrogen (secondary N) is 1. The Bertz CT molecular complexity index is 578. The Morgan fingerprint density at radius 3 is 2.86 bits per heavy atom. The van der Waals surface area contributed by atoms with Gasteiger partial charge in [-0.1, -0.05) is 22.0 Å². The van der Waals surface area contributed by atoms with E-state index in [2.05, 4.69) is 26.2 Å². The number of nitrogens with zero attached hydrogens (tertiary/aromatic N) is 1. The number of methoxy groups -OCH3 is 1. The number of hydrogen-bond donors (Lipinski definition) is 1. The lowest BCUT2D eigenvalue weighted by molar-refractivity contribution is 0.199. The molecule has 0 radical (unpaired) electrons. The van der Waals surface area contributed by atoms with Crippen molar-refractivity contribution in [3.8, 4) is 11.6 Å². The third-order valence-corrected chi connectivity index (χ3v) is 3.21. The summed E-state index contributed by atoms with van der Waals surface area (Å²) in [4.78, 5) is 4.17. The molecule has 0 fully saturated rings. The summed E-state index contributed by atoms with van der Waals surface area (Å²) in [6.07, 6.45) is 1.70. The van der Waals surface area contributed by atoms with Crippen LogP contribution in [-0.2, 0) is 11.3 Å². The molecule has 2 rings (SSSR count). The highest BCUT2D eigenvalue weighted by Crippen LogP contribution is 2.26. The molecule has 0 bridgehead atoms. The van der Waals surface area contributed by atoms with Crippen molar-refractivity contribution in [2.45, 2.75) is 6.54 Å². The summed E-state index contributed by atoms with van der Waals surface area (Å²) in [5.74, 6) is 0.0702. The molecule has 6 heteroatoms. The molecule has 1 heterocycles. The maximum absolute atomic E-state index is 13.6. The van der Waals surface area contributed by atoms with E-state index >= 15 is 0 Å². The maximum atomic E-state index is 13.6. The zero-order chi connectivity index (χ0) is 15.1. The summed E-state index contributed by atoms with van der Waals surface area (Å²) in [5.41, 5.74) is 1.02. The first-order valence-electron chi connectivity index (χ1n) is 6.46. The molecule has 0 aliphatic carbocycles. The van der Waals surface area contributed by atoms with Crippen LogP contribution in [0.1, 0.15) is 5.56 Å². The number of halogens is 2. The van der Waals surface area contributed by atoms with E-state index in [4.69, 9.17) is 9.47 Å². The van der Waals surface area contributed by atoms with Crippen LogP contribution in [0.25, 0.3) is 0 Å². The van der Waals surface area contributed by atoms with Crippen molar-refractivity contribution in [3.63, 3.8) is 0 Å². The van der Waals surface area contributed by atoms with Crippen molar-refractivity contribution in [2.75, 3.05) is 20.3 Å². The lowest BCUT2D eigenvalue weighted by atomic mass is 10.3. The number of rotatable bonds is 7. The largest absolute Gasteiger partial charge is 0.436 e. The van der Waals surface area contributed by atoms with Crippen molar-refractivity contribution >= 4 is 15.9 Å². The van der Waals surface area contributed by atoms with Gasteiger partial charge >= 0.3 is 0 Å². The van der Waals surface area contributed by atoms with Gasteiger partial charge in [0.05, 0.1) is 6.61 Å². The van der Waals surface area contributed by atoms with Gasteiger partial charge in [-0.15, -0.1) is 0 Å². The molecule has 0 saturated heterocycles. The lowest BCUT2D eigenvalue weighted by Crippen LogP contribution is -2.18. The van der Waals surface area contributed by atoms with Gasteiger partial charge in [-0.05, 0) is 23.8 Å². The van der Waals surface area contributed by atoms with Gasteiger partial charge in [-0.3, -0.25) is 0 Å². The molecule has 0 saturated carbocycles. The molecule has 0 aliphatic rings. The summed E-state index contributed by atoms with van der Waals surface area (Å²) < 4.78 is 24.7. The minimum atomic E-state index is -0.426. The van der Waals surface area contributed by atoms with E-state index < -0.39 is 5.82 Å². The predicted molar refractivity (Wildman–Crippen MR) is 82.0 cm³/mol. The van der Waals surface area contributed by atoms with Crippen molar-refractivity contribution in [1.29, 1.82) is 0 Å². The molecule has 0 atom stereocenters. The molecule has 1 aromatic heterocycles. The molecular formula is C15H16BrFN2O2. The van der Waals surface area contributed by atoms with Crippen molar-refractivity contribution < 1.29 is 13.9 Å². The van der Waals surface area contributed by atoms with Crippen LogP contribution in [0, 0.1) is 5.82 Å². The molecule has 0 spiro atoms. The Hall–Kier alpha value is -1.50. The van der Waals surface area contributed by atoms with Gasteiger partial charge in [0.25, 0.3) is 0 Å². The van der Waals surface area contributed by atoms with Gasteiger partial charge in [0, 0.05) is 36.9 Å². The summed E-state index contributed by atoms with van der Waals surface area (Å²) in [6.45, 7) is 2.14. The lowest BCUT2D eigenvalue weighted by Gasteiger charge is -2.08. The highest BCUT2D eigenvalue weighted by atomic mass is 79.9. The number of hydrogen-bond acceptors (Lipinski definition) is 4. The highest BCUT2D eigenvalue weighted by Gasteiger charge is 2.06. The first-order valence-corrected chi connectivity index (χ1v) is 7.26. The molecular weight excluding hydrogens is 339 g/mol. The van der Waals surface area contributed by atoms with E-state index in [1.165, 1.54) is 6.07 Å². The Labute approximate surface area is 131 Å². The molecule has 1 N–H and O–H groups in total. The molecule has 0 unspecified atom stereocenters. The van der Waals surface area contributed by atoms with Crippen LogP contribution < -0.4 is 10.1 Å². The summed E-state index contributed by atoms with van der Waals surface area (Å²) >= 11 is 3.28. The van der Waals surface area contributed by atoms with Crippen molar-refractivity contribution in [3.05, 3.63) is 52.4 Å². The monoisotopic (exact) mass is 354 g/mol. The molecule has 2 aromatic rings. The SMILES string of the molecule is COCCNCc1ccc(Oc2cc(Br)ccc2F)nc1. The summed E-state index contributed by atoms with van der Waals surface area (Å²) in [5, 5.41) is 3.22. The molecule has 21 heavy (non-hydrogen) atoms. The fourth-order valence-electron chi connectivity index (χ4n) is 1.65. The highest BCUT2D eigenvalue weighted by molar-refractivity contribution is 9.10. The molecule has 0 amide bonds. The topological polar surface area (TPSA) is 43.4 Å². The van der Waals surface area contributed by atoms with Crippen LogP contribution in [0.2, 0.25) is 0 Å². The average molecular weight is 355 g/mol. The van der Waals surface area contributed by atoms with Crippen LogP contribution in [0.5, 0.6) is 11.6 Å². The Morgan fingerprint density at radius 2 is 2.14 bits per heavy atom. The third kappa shape index (κ3) is 5.08. The quantitative estimate of drug-likeness (QED) is 0.772. The van der Waals surface area contributed by atoms with Crippen molar-refractivity contribution in [2.24, 2.45) is 0 Å². The second-order valence-corrected chi connectivity index (χ2v) is 5.27. The Morgan fingerprint density at radius 1 is 1.29 bits per heavy atom. The number of ether oxygens (including phenoxy) is 2. The van der Waals surface area contributed by atoms with Gasteiger partial charge < -0.3 is 14.8 Å². The second-order valence-electron chi connectivity index (χ2n) is 4.35. The smallest absolute Gasteiger partial charge is 0.219 e. The van der Waals surface area contributed by atoms with Crippen LogP contribution in [-0.4, -0.2) is 25.2 Å². The van der Waals surface area contributed by atoms with Gasteiger partial charge in [0.2, 0.25) is 5.88 Å². The fraction of sp³-hybridized carbons (Fsp3) is 0.267. The number of aromatic nitrogens is 1. The van der Waals surface area contributed by atoms with E-state index in [1.807, 2.05) is 6.07 Å². The number of pyridine rings is 1. The van der Waals surface area contributed by atoms with E-state index in [1.54, 1.807) is 31.5 Å². The summed E-state index contributed by atoms with van der Waals surface area (Å²) in [6, 6.07) is 8.13. The molecule has 112 valence electrons. The summed E-state index contributed by atoms with van der Waals surface area (Å²) in [7, 11) is 1.66. The van der Waals surface area contributed by atoms with Crippen LogP contribution in [0.4, 0.5) is 4.39 Å². The minimum absolute atomic E-state index is 0.142. The second kappa shape index (κ2) is 8.07. The maximum Gasteiger partial charge on any atom is 0.219 e. The van der Waals surface area contributed by atoms with Crippen LogP contribution >= 0.6 is 15.9 Å². The van der Waals surface area contributed by atoms with E-state index in [0.717, 1.165) is 16.6 Å². The number of benzene rings is 1. The van der Waals surface area contributed by atoms with Crippen LogP contribution in [0.3, 0.4) is 0 Å². The first-order chi connectivity index (χ1) is 10.2. The van der Waals surface area contributed by atoms with E-state index in [-0.39, 0.29) is 5.75 Å². The normalized spacial score (nSPS) is 10.6. The van der Waals surface area contributed by atoms with E-state index in [0.29, 0.717) is 19.0 Å².